The first kappa shape index (κ1) is 61.5. The minimum atomic E-state index is -0.683. The van der Waals surface area contributed by atoms with Crippen molar-refractivity contribution < 1.29 is 0 Å². The molecule has 0 aliphatic rings. The second-order valence-corrected chi connectivity index (χ2v) is 28.6. The molecule has 0 saturated carbocycles. The van der Waals surface area contributed by atoms with Crippen molar-refractivity contribution in [3.63, 3.8) is 0 Å². The normalized spacial score (nSPS) is 16.8. The van der Waals surface area contributed by atoms with Crippen LogP contribution in [0.2, 0.25) is 15.8 Å². The molecule has 366 valence electrons. The van der Waals surface area contributed by atoms with Crippen molar-refractivity contribution in [2.24, 2.45) is 71.0 Å². The molecule has 0 nitrogen and oxygen atoms in total. The summed E-state index contributed by atoms with van der Waals surface area (Å²) in [5.74, 6) is 11.0. The molecule has 0 aromatic heterocycles. The Morgan fingerprint density at radius 2 is 0.311 bits per heavy atom. The lowest BCUT2D eigenvalue weighted by Gasteiger charge is -2.21. The van der Waals surface area contributed by atoms with E-state index in [2.05, 4.69) is 104 Å². The van der Waals surface area contributed by atoms with E-state index in [-0.39, 0.29) is 0 Å². The van der Waals surface area contributed by atoms with Gasteiger partial charge in [-0.2, -0.15) is 0 Å². The van der Waals surface area contributed by atoms with Crippen LogP contribution in [-0.2, 0) is 0 Å². The van der Waals surface area contributed by atoms with E-state index >= 15 is 0 Å². The predicted octanol–water partition coefficient (Wildman–Crippen LogP) is 21.9. The third kappa shape index (κ3) is 42.9. The van der Waals surface area contributed by atoms with E-state index in [1.165, 1.54) is 193 Å². The average molecular weight is 872 g/mol. The summed E-state index contributed by atoms with van der Waals surface area (Å²) in [5.41, 5.74) is 0. The van der Waals surface area contributed by atoms with Crippen molar-refractivity contribution in [2.45, 2.75) is 312 Å². The van der Waals surface area contributed by atoms with E-state index in [0.717, 1.165) is 71.0 Å². The van der Waals surface area contributed by atoms with Crippen LogP contribution in [0.25, 0.3) is 0 Å². The first-order valence-electron chi connectivity index (χ1n) is 29.0. The molecule has 0 spiro atoms. The van der Waals surface area contributed by atoms with Gasteiger partial charge in [0.1, 0.15) is 0 Å². The maximum atomic E-state index is 2.61. The molecule has 0 N–H and O–H groups in total. The highest BCUT2D eigenvalue weighted by atomic mass is 27.2. The number of hydrogen-bond acceptors (Lipinski definition) is 0. The fourth-order valence-corrected chi connectivity index (χ4v) is 14.8. The molecule has 0 aromatic carbocycles. The molecule has 9 atom stereocenters. The van der Waals surface area contributed by atoms with Crippen LogP contribution in [0.1, 0.15) is 296 Å². The monoisotopic (exact) mass is 871 g/mol. The van der Waals surface area contributed by atoms with E-state index < -0.39 is 14.1 Å². The summed E-state index contributed by atoms with van der Waals surface area (Å²) in [4.78, 5) is 0. The van der Waals surface area contributed by atoms with E-state index in [9.17, 15) is 0 Å². The summed E-state index contributed by atoms with van der Waals surface area (Å²) in [6, 6.07) is 0. The Hall–Kier alpha value is 0.532. The zero-order valence-electron chi connectivity index (χ0n) is 45.8. The summed E-state index contributed by atoms with van der Waals surface area (Å²) in [5, 5.41) is 4.89. The molecular weight excluding hydrogens is 748 g/mol. The molecule has 1 heteroatoms. The van der Waals surface area contributed by atoms with Crippen LogP contribution in [0.5, 0.6) is 0 Å². The van der Waals surface area contributed by atoms with Crippen LogP contribution in [0.15, 0.2) is 0 Å². The maximum absolute atomic E-state index is 2.61. The second kappa shape index (κ2) is 40.8. The fourth-order valence-electron chi connectivity index (χ4n) is 10.8. The first-order valence-corrected chi connectivity index (χ1v) is 31.4. The molecular formula is C60H123Al. The molecule has 0 rings (SSSR count). The lowest BCUT2D eigenvalue weighted by molar-refractivity contribution is 0.375. The largest absolute Gasteiger partial charge is 0.261 e. The van der Waals surface area contributed by atoms with Gasteiger partial charge in [0, 0.05) is 0 Å². The van der Waals surface area contributed by atoms with Crippen LogP contribution in [0.4, 0.5) is 0 Å². The molecule has 0 saturated heterocycles. The SMILES string of the molecule is CC(C)CCCC(C)CCCC(C)CCCC(C)C[CH2][Al]([CH2]CC(C)CCCC(C)CCCC(C)CCCC(C)C)[CH2]CC(C)CCCC(C)CCCC(C)CCCC(C)C. The first-order chi connectivity index (χ1) is 29.0. The van der Waals surface area contributed by atoms with Gasteiger partial charge in [-0.3, -0.25) is 0 Å². The standard InChI is InChI=1S/3C20H41.Al/c3*1-7-18(4)12-9-14-20(6)16-10-15-19(5)13-8-11-17(2)3;/h3*17-20H,1,7-16H2,2-6H3;. The fraction of sp³-hybridized carbons (Fsp3) is 1.00. The van der Waals surface area contributed by atoms with E-state index in [1.807, 2.05) is 0 Å². The smallest absolute Gasteiger partial charge is 0.0936 e. The second-order valence-electron chi connectivity index (χ2n) is 25.1. The lowest BCUT2D eigenvalue weighted by Crippen LogP contribution is -2.16. The number of hydrogen-bond donors (Lipinski definition) is 0. The lowest BCUT2D eigenvalue weighted by atomic mass is 9.91. The van der Waals surface area contributed by atoms with E-state index in [0.29, 0.717) is 0 Å². The predicted molar refractivity (Wildman–Crippen MR) is 286 cm³/mol. The molecule has 0 bridgehead atoms. The van der Waals surface area contributed by atoms with Crippen molar-refractivity contribution in [3.8, 4) is 0 Å². The molecule has 0 aliphatic heterocycles. The number of rotatable bonds is 45. The summed E-state index contributed by atoms with van der Waals surface area (Å²) in [7, 11) is 0. The van der Waals surface area contributed by atoms with Gasteiger partial charge >= 0.3 is 0 Å². The molecule has 61 heavy (non-hydrogen) atoms. The van der Waals surface area contributed by atoms with Crippen molar-refractivity contribution in [1.29, 1.82) is 0 Å². The van der Waals surface area contributed by atoms with Crippen LogP contribution < -0.4 is 0 Å². The summed E-state index contributed by atoms with van der Waals surface area (Å²) >= 11 is -0.683. The summed E-state index contributed by atoms with van der Waals surface area (Å²) < 4.78 is 0. The maximum Gasteiger partial charge on any atom is 0.261 e. The Morgan fingerprint density at radius 1 is 0.180 bits per heavy atom. The van der Waals surface area contributed by atoms with E-state index in [4.69, 9.17) is 0 Å². The molecule has 0 heterocycles. The van der Waals surface area contributed by atoms with Crippen molar-refractivity contribution >= 4 is 14.1 Å². The Kier molecular flexibility index (Phi) is 41.1. The van der Waals surface area contributed by atoms with Crippen molar-refractivity contribution in [2.75, 3.05) is 0 Å². The quantitative estimate of drug-likeness (QED) is 0.0535. The van der Waals surface area contributed by atoms with Crippen LogP contribution in [0, 0.1) is 71.0 Å². The van der Waals surface area contributed by atoms with Gasteiger partial charge in [0.25, 0.3) is 14.1 Å². The van der Waals surface area contributed by atoms with Gasteiger partial charge in [0.05, 0.1) is 0 Å². The average Bonchev–Trinajstić information content (AvgIpc) is 3.17. The van der Waals surface area contributed by atoms with Gasteiger partial charge in [-0.15, -0.1) is 0 Å². The van der Waals surface area contributed by atoms with Gasteiger partial charge in [0.15, 0.2) is 0 Å². The minimum absolute atomic E-state index is 0.683. The molecule has 9 unspecified atom stereocenters. The van der Waals surface area contributed by atoms with Crippen molar-refractivity contribution in [1.82, 2.24) is 0 Å². The molecule has 0 amide bonds. The molecule has 0 fully saturated rings. The molecule has 0 aromatic rings. The van der Waals surface area contributed by atoms with Gasteiger partial charge in [-0.1, -0.05) is 312 Å². The highest BCUT2D eigenvalue weighted by Crippen LogP contribution is 2.29. The Bertz CT molecular complexity index is 776. The van der Waals surface area contributed by atoms with E-state index in [1.54, 1.807) is 15.8 Å². The Labute approximate surface area is 395 Å². The van der Waals surface area contributed by atoms with Gasteiger partial charge < -0.3 is 0 Å². The van der Waals surface area contributed by atoms with Crippen LogP contribution in [0.3, 0.4) is 0 Å². The highest BCUT2D eigenvalue weighted by molar-refractivity contribution is 6.58. The van der Waals surface area contributed by atoms with Crippen LogP contribution in [-0.4, -0.2) is 14.1 Å². The zero-order chi connectivity index (χ0) is 45.8. The topological polar surface area (TPSA) is 0 Å². The summed E-state index contributed by atoms with van der Waals surface area (Å²) in [6.45, 7) is 37.3. The van der Waals surface area contributed by atoms with Gasteiger partial charge in [-0.25, -0.2) is 0 Å². The van der Waals surface area contributed by atoms with Crippen LogP contribution >= 0.6 is 0 Å². The highest BCUT2D eigenvalue weighted by Gasteiger charge is 2.21. The molecule has 0 aliphatic carbocycles. The summed E-state index contributed by atoms with van der Waals surface area (Å²) in [6.07, 6.45) is 43.8. The Balaban J connectivity index is 4.72. The third-order valence-corrected chi connectivity index (χ3v) is 19.5. The minimum Gasteiger partial charge on any atom is -0.0936 e. The van der Waals surface area contributed by atoms with Gasteiger partial charge in [0.2, 0.25) is 0 Å². The van der Waals surface area contributed by atoms with Gasteiger partial charge in [-0.05, 0) is 71.0 Å². The van der Waals surface area contributed by atoms with Crippen molar-refractivity contribution in [3.05, 3.63) is 0 Å². The third-order valence-electron chi connectivity index (χ3n) is 16.0. The molecule has 0 radical (unpaired) electrons. The Morgan fingerprint density at radius 3 is 0.459 bits per heavy atom. The zero-order valence-corrected chi connectivity index (χ0v) is 47.0.